The topological polar surface area (TPSA) is 94.7 Å². The number of carbonyl (C=O) groups is 1. The van der Waals surface area contributed by atoms with E-state index in [1.165, 1.54) is 0 Å². The molecule has 4 N–H and O–H groups in total. The Morgan fingerprint density at radius 2 is 2.10 bits per heavy atom. The highest BCUT2D eigenvalue weighted by atomic mass is 16.3. The molecule has 0 radical (unpaired) electrons. The number of anilines is 1. The summed E-state index contributed by atoms with van der Waals surface area (Å²) in [5.74, 6) is 5.25. The van der Waals surface area contributed by atoms with Crippen LogP contribution in [-0.2, 0) is 0 Å². The first-order valence-electron chi connectivity index (χ1n) is 7.06. The Morgan fingerprint density at radius 3 is 2.67 bits per heavy atom. The van der Waals surface area contributed by atoms with Crippen LogP contribution in [0.15, 0.2) is 18.3 Å². The highest BCUT2D eigenvalue weighted by Gasteiger charge is 2.26. The molecular formula is C14H23N5O2. The smallest absolute Gasteiger partial charge is 0.272 e. The summed E-state index contributed by atoms with van der Waals surface area (Å²) < 4.78 is 0. The van der Waals surface area contributed by atoms with Crippen LogP contribution >= 0.6 is 0 Å². The number of amides is 1. The fraction of sp³-hybridized carbons (Fsp3) is 0.571. The molecule has 116 valence electrons. The van der Waals surface area contributed by atoms with Gasteiger partial charge in [0.05, 0.1) is 11.3 Å². The number of aliphatic hydroxyl groups is 1. The van der Waals surface area contributed by atoms with E-state index in [1.54, 1.807) is 37.1 Å². The number of aromatic nitrogens is 1. The molecule has 1 aromatic rings. The predicted octanol–water partition coefficient (Wildman–Crippen LogP) is -0.104. The van der Waals surface area contributed by atoms with Crippen LogP contribution in [-0.4, -0.2) is 64.1 Å². The van der Waals surface area contributed by atoms with Crippen LogP contribution in [0.1, 0.15) is 24.3 Å². The lowest BCUT2D eigenvalue weighted by Crippen LogP contribution is -2.52. The summed E-state index contributed by atoms with van der Waals surface area (Å²) in [5.41, 5.74) is 2.85. The number of β-amino-alcohol motifs (C(OH)–C–C–N with tert-alkyl or cyclic N) is 1. The number of nitrogens with one attached hydrogen (secondary N) is 1. The number of hydrazine groups is 1. The summed E-state index contributed by atoms with van der Waals surface area (Å²) >= 11 is 0. The first kappa shape index (κ1) is 15.7. The highest BCUT2D eigenvalue weighted by molar-refractivity contribution is 5.93. The number of hydrogen-bond acceptors (Lipinski definition) is 6. The summed E-state index contributed by atoms with van der Waals surface area (Å²) in [6.45, 7) is 6.97. The third-order valence-electron chi connectivity index (χ3n) is 3.42. The molecule has 7 heteroatoms. The normalized spacial score (nSPS) is 16.9. The lowest BCUT2D eigenvalue weighted by atomic mass is 10.1. The average molecular weight is 293 g/mol. The van der Waals surface area contributed by atoms with Gasteiger partial charge in [0.2, 0.25) is 0 Å². The Morgan fingerprint density at radius 1 is 1.43 bits per heavy atom. The van der Waals surface area contributed by atoms with Gasteiger partial charge >= 0.3 is 0 Å². The second kappa shape index (κ2) is 6.38. The average Bonchev–Trinajstić information content (AvgIpc) is 2.46. The maximum Gasteiger partial charge on any atom is 0.272 e. The molecule has 2 heterocycles. The second-order valence-corrected chi connectivity index (χ2v) is 5.95. The lowest BCUT2D eigenvalue weighted by molar-refractivity contribution is 0.0177. The minimum absolute atomic E-state index is 0.0880. The molecule has 0 aromatic carbocycles. The maximum absolute atomic E-state index is 12.4. The summed E-state index contributed by atoms with van der Waals surface area (Å²) in [5, 5.41) is 9.83. The van der Waals surface area contributed by atoms with Crippen molar-refractivity contribution in [3.05, 3.63) is 24.0 Å². The molecule has 21 heavy (non-hydrogen) atoms. The van der Waals surface area contributed by atoms with E-state index in [2.05, 4.69) is 15.3 Å². The monoisotopic (exact) mass is 293 g/mol. The van der Waals surface area contributed by atoms with Gasteiger partial charge in [-0.1, -0.05) is 0 Å². The van der Waals surface area contributed by atoms with Gasteiger partial charge in [0, 0.05) is 38.9 Å². The van der Waals surface area contributed by atoms with Crippen molar-refractivity contribution in [2.45, 2.75) is 19.4 Å². The Labute approximate surface area is 124 Å². The summed E-state index contributed by atoms with van der Waals surface area (Å²) in [4.78, 5) is 20.4. The molecule has 7 nitrogen and oxygen atoms in total. The number of nitrogen functional groups attached to an aromatic ring is 1. The molecule has 1 aromatic heterocycles. The maximum atomic E-state index is 12.4. The van der Waals surface area contributed by atoms with Crippen molar-refractivity contribution in [3.63, 3.8) is 0 Å². The van der Waals surface area contributed by atoms with Gasteiger partial charge in [-0.15, -0.1) is 0 Å². The minimum atomic E-state index is -0.713. The van der Waals surface area contributed by atoms with Crippen LogP contribution in [0.25, 0.3) is 0 Å². The zero-order chi connectivity index (χ0) is 15.5. The highest BCUT2D eigenvalue weighted by Crippen LogP contribution is 2.12. The van der Waals surface area contributed by atoms with Gasteiger partial charge in [-0.25, -0.2) is 0 Å². The zero-order valence-electron chi connectivity index (χ0n) is 12.5. The van der Waals surface area contributed by atoms with E-state index in [0.717, 1.165) is 13.1 Å². The van der Waals surface area contributed by atoms with Gasteiger partial charge in [-0.05, 0) is 26.0 Å². The quantitative estimate of drug-likeness (QED) is 0.530. The SMILES string of the molecule is CC(C)(O)CN1CCN(C(=O)c2cc(NN)ccn2)CC1. The van der Waals surface area contributed by atoms with Crippen LogP contribution in [0.5, 0.6) is 0 Å². The van der Waals surface area contributed by atoms with Gasteiger partial charge in [0.1, 0.15) is 5.69 Å². The molecule has 0 bridgehead atoms. The zero-order valence-corrected chi connectivity index (χ0v) is 12.5. The molecule has 1 amide bonds. The second-order valence-electron chi connectivity index (χ2n) is 5.95. The number of rotatable bonds is 4. The first-order chi connectivity index (χ1) is 9.89. The summed E-state index contributed by atoms with van der Waals surface area (Å²) in [6, 6.07) is 3.35. The van der Waals surface area contributed by atoms with Crippen molar-refractivity contribution in [1.29, 1.82) is 0 Å². The lowest BCUT2D eigenvalue weighted by Gasteiger charge is -2.37. The number of piperazine rings is 1. The van der Waals surface area contributed by atoms with Crippen molar-refractivity contribution in [1.82, 2.24) is 14.8 Å². The van der Waals surface area contributed by atoms with E-state index in [4.69, 9.17) is 5.84 Å². The molecule has 1 saturated heterocycles. The largest absolute Gasteiger partial charge is 0.389 e. The summed E-state index contributed by atoms with van der Waals surface area (Å²) in [7, 11) is 0. The molecule has 1 aliphatic heterocycles. The van der Waals surface area contributed by atoms with E-state index in [-0.39, 0.29) is 5.91 Å². The number of carbonyl (C=O) groups excluding carboxylic acids is 1. The fourth-order valence-electron chi connectivity index (χ4n) is 2.46. The standard InChI is InChI=1S/C14H23N5O2/c1-14(2,21)10-18-5-7-19(8-6-18)13(20)12-9-11(17-15)3-4-16-12/h3-4,9,21H,5-8,10,15H2,1-2H3,(H,16,17). The Bertz CT molecular complexity index is 492. The van der Waals surface area contributed by atoms with Crippen molar-refractivity contribution in [2.24, 2.45) is 5.84 Å². The van der Waals surface area contributed by atoms with E-state index in [9.17, 15) is 9.90 Å². The first-order valence-corrected chi connectivity index (χ1v) is 7.06. The van der Waals surface area contributed by atoms with E-state index in [0.29, 0.717) is 31.0 Å². The molecule has 0 unspecified atom stereocenters. The van der Waals surface area contributed by atoms with Crippen molar-refractivity contribution < 1.29 is 9.90 Å². The molecule has 1 fully saturated rings. The van der Waals surface area contributed by atoms with Crippen molar-refractivity contribution in [3.8, 4) is 0 Å². The van der Waals surface area contributed by atoms with Crippen LogP contribution in [0.2, 0.25) is 0 Å². The van der Waals surface area contributed by atoms with Gasteiger partial charge in [0.25, 0.3) is 5.91 Å². The number of hydrogen-bond donors (Lipinski definition) is 3. The molecule has 0 saturated carbocycles. The molecule has 0 spiro atoms. The van der Waals surface area contributed by atoms with Crippen molar-refractivity contribution in [2.75, 3.05) is 38.1 Å². The minimum Gasteiger partial charge on any atom is -0.389 e. The third-order valence-corrected chi connectivity index (χ3v) is 3.42. The third kappa shape index (κ3) is 4.38. The van der Waals surface area contributed by atoms with Crippen LogP contribution < -0.4 is 11.3 Å². The number of nitrogens with two attached hydrogens (primary N) is 1. The molecular weight excluding hydrogens is 270 g/mol. The Hall–Kier alpha value is -1.70. The Kier molecular flexibility index (Phi) is 4.76. The van der Waals surface area contributed by atoms with E-state index in [1.807, 2.05) is 0 Å². The van der Waals surface area contributed by atoms with Crippen LogP contribution in [0.4, 0.5) is 5.69 Å². The van der Waals surface area contributed by atoms with Gasteiger partial charge in [-0.2, -0.15) is 0 Å². The van der Waals surface area contributed by atoms with Crippen molar-refractivity contribution >= 4 is 11.6 Å². The van der Waals surface area contributed by atoms with E-state index >= 15 is 0 Å². The molecule has 2 rings (SSSR count). The van der Waals surface area contributed by atoms with E-state index < -0.39 is 5.60 Å². The van der Waals surface area contributed by atoms with Crippen LogP contribution in [0, 0.1) is 0 Å². The Balaban J connectivity index is 1.94. The van der Waals surface area contributed by atoms with Crippen LogP contribution in [0.3, 0.4) is 0 Å². The van der Waals surface area contributed by atoms with Gasteiger partial charge < -0.3 is 15.4 Å². The fourth-order valence-corrected chi connectivity index (χ4v) is 2.46. The predicted molar refractivity (Wildman–Crippen MR) is 80.7 cm³/mol. The van der Waals surface area contributed by atoms with Gasteiger partial charge in [0.15, 0.2) is 0 Å². The summed E-state index contributed by atoms with van der Waals surface area (Å²) in [6.07, 6.45) is 1.56. The molecule has 0 aliphatic carbocycles. The van der Waals surface area contributed by atoms with Gasteiger partial charge in [-0.3, -0.25) is 20.5 Å². The molecule has 1 aliphatic rings. The molecule has 0 atom stereocenters. The number of pyridine rings is 1. The number of nitrogens with zero attached hydrogens (tertiary/aromatic N) is 3.